The topological polar surface area (TPSA) is 58.1 Å². The van der Waals surface area contributed by atoms with Crippen LogP contribution in [0.4, 0.5) is 11.5 Å². The number of anilines is 2. The first kappa shape index (κ1) is 16.6. The van der Waals surface area contributed by atoms with E-state index >= 15 is 0 Å². The van der Waals surface area contributed by atoms with Gasteiger partial charge in [0.1, 0.15) is 5.82 Å². The number of nitrogens with one attached hydrogen (secondary N) is 1. The summed E-state index contributed by atoms with van der Waals surface area (Å²) in [5, 5.41) is 11.4. The molecule has 1 heterocycles. The van der Waals surface area contributed by atoms with Crippen LogP contribution in [0.3, 0.4) is 0 Å². The maximum atomic E-state index is 12.5. The molecule has 5 nitrogen and oxygen atoms in total. The van der Waals surface area contributed by atoms with Gasteiger partial charge in [0.25, 0.3) is 5.91 Å². The predicted molar refractivity (Wildman–Crippen MR) is 99.8 cm³/mol. The van der Waals surface area contributed by atoms with Gasteiger partial charge in [-0.1, -0.05) is 48.5 Å². The molecule has 1 aromatic heterocycles. The van der Waals surface area contributed by atoms with Crippen molar-refractivity contribution in [2.45, 2.75) is 6.42 Å². The van der Waals surface area contributed by atoms with Gasteiger partial charge in [-0.3, -0.25) is 4.79 Å². The zero-order valence-electron chi connectivity index (χ0n) is 14.1. The molecule has 1 amide bonds. The number of aromatic nitrogens is 2. The van der Waals surface area contributed by atoms with Crippen molar-refractivity contribution in [3.05, 3.63) is 84.1 Å². The van der Waals surface area contributed by atoms with Gasteiger partial charge in [0.15, 0.2) is 5.69 Å². The van der Waals surface area contributed by atoms with Gasteiger partial charge in [-0.15, -0.1) is 10.2 Å². The number of amides is 1. The van der Waals surface area contributed by atoms with Crippen molar-refractivity contribution < 1.29 is 4.79 Å². The fourth-order valence-corrected chi connectivity index (χ4v) is 2.46. The van der Waals surface area contributed by atoms with Crippen LogP contribution < -0.4 is 10.2 Å². The second-order valence-electron chi connectivity index (χ2n) is 5.67. The van der Waals surface area contributed by atoms with Crippen LogP contribution in [0.15, 0.2) is 72.8 Å². The third-order valence-electron chi connectivity index (χ3n) is 3.89. The van der Waals surface area contributed by atoms with Crippen LogP contribution >= 0.6 is 0 Å². The maximum absolute atomic E-state index is 12.5. The molecule has 0 radical (unpaired) electrons. The zero-order valence-corrected chi connectivity index (χ0v) is 14.1. The van der Waals surface area contributed by atoms with Crippen LogP contribution in [-0.4, -0.2) is 29.7 Å². The van der Waals surface area contributed by atoms with Gasteiger partial charge in [0.2, 0.25) is 0 Å². The molecule has 2 aromatic carbocycles. The molecule has 0 saturated heterocycles. The van der Waals surface area contributed by atoms with E-state index in [9.17, 15) is 4.79 Å². The quantitative estimate of drug-likeness (QED) is 0.751. The van der Waals surface area contributed by atoms with Crippen molar-refractivity contribution in [3.8, 4) is 0 Å². The summed E-state index contributed by atoms with van der Waals surface area (Å²) in [6.45, 7) is 0.760. The van der Waals surface area contributed by atoms with E-state index in [1.165, 1.54) is 5.56 Å². The van der Waals surface area contributed by atoms with Gasteiger partial charge in [-0.2, -0.15) is 0 Å². The fraction of sp³-hybridized carbons (Fsp3) is 0.150. The molecule has 0 spiro atoms. The molecule has 0 atom stereocenters. The summed E-state index contributed by atoms with van der Waals surface area (Å²) in [6, 6.07) is 23.2. The molecule has 3 aromatic rings. The van der Waals surface area contributed by atoms with Crippen molar-refractivity contribution in [2.75, 3.05) is 23.8 Å². The highest BCUT2D eigenvalue weighted by Gasteiger charge is 2.15. The Hall–Kier alpha value is -3.21. The van der Waals surface area contributed by atoms with Crippen LogP contribution in [0.5, 0.6) is 0 Å². The molecule has 1 N–H and O–H groups in total. The monoisotopic (exact) mass is 332 g/mol. The lowest BCUT2D eigenvalue weighted by Gasteiger charge is -2.16. The molecule has 25 heavy (non-hydrogen) atoms. The molecule has 0 saturated carbocycles. The predicted octanol–water partition coefficient (Wildman–Crippen LogP) is 3.41. The number of carbonyl (C=O) groups excluding carboxylic acids is 1. The highest BCUT2D eigenvalue weighted by Crippen LogP contribution is 2.14. The van der Waals surface area contributed by atoms with Gasteiger partial charge in [-0.25, -0.2) is 0 Å². The van der Waals surface area contributed by atoms with E-state index < -0.39 is 0 Å². The smallest absolute Gasteiger partial charge is 0.278 e. The molecule has 0 fully saturated rings. The molecule has 126 valence electrons. The molecule has 3 rings (SSSR count). The minimum Gasteiger partial charge on any atom is -0.368 e. The number of hydrogen-bond donors (Lipinski definition) is 1. The lowest BCUT2D eigenvalue weighted by Crippen LogP contribution is -2.27. The van der Waals surface area contributed by atoms with Crippen molar-refractivity contribution in [1.29, 1.82) is 0 Å². The van der Waals surface area contributed by atoms with Gasteiger partial charge >= 0.3 is 0 Å². The molecule has 0 aliphatic carbocycles. The van der Waals surface area contributed by atoms with Gasteiger partial charge < -0.3 is 10.2 Å². The van der Waals surface area contributed by atoms with Crippen LogP contribution in [0, 0.1) is 0 Å². The first-order valence-electron chi connectivity index (χ1n) is 8.18. The highest BCUT2D eigenvalue weighted by molar-refractivity contribution is 6.04. The van der Waals surface area contributed by atoms with Crippen LogP contribution in [0.1, 0.15) is 16.1 Å². The molecule has 0 aliphatic rings. The summed E-state index contributed by atoms with van der Waals surface area (Å²) >= 11 is 0. The van der Waals surface area contributed by atoms with Crippen LogP contribution in [-0.2, 0) is 6.42 Å². The highest BCUT2D eigenvalue weighted by atomic mass is 16.2. The van der Waals surface area contributed by atoms with Gasteiger partial charge in [0, 0.05) is 19.3 Å². The molecule has 5 heteroatoms. The number of benzene rings is 2. The third kappa shape index (κ3) is 4.41. The first-order valence-corrected chi connectivity index (χ1v) is 8.18. The maximum Gasteiger partial charge on any atom is 0.278 e. The van der Waals surface area contributed by atoms with E-state index in [1.807, 2.05) is 48.5 Å². The summed E-state index contributed by atoms with van der Waals surface area (Å²) in [7, 11) is 1.73. The lowest BCUT2D eigenvalue weighted by molar-refractivity contribution is 0.0987. The third-order valence-corrected chi connectivity index (χ3v) is 3.89. The van der Waals surface area contributed by atoms with E-state index in [0.717, 1.165) is 18.7 Å². The number of hydrogen-bond acceptors (Lipinski definition) is 4. The Bertz CT molecular complexity index is 804. The first-order chi connectivity index (χ1) is 12.2. The summed E-state index contributed by atoms with van der Waals surface area (Å²) in [4.78, 5) is 14.0. The molecular formula is C20H20N4O. The van der Waals surface area contributed by atoms with E-state index in [4.69, 9.17) is 0 Å². The average molecular weight is 332 g/mol. The van der Waals surface area contributed by atoms with Crippen molar-refractivity contribution >= 4 is 17.4 Å². The zero-order chi connectivity index (χ0) is 17.5. The standard InChI is InChI=1S/C20H20N4O/c1-24(17-10-6-3-7-11-17)20(25)18-12-13-19(23-22-18)21-15-14-16-8-4-2-5-9-16/h2-13H,14-15H2,1H3,(H,21,23). The van der Waals surface area contributed by atoms with E-state index in [0.29, 0.717) is 11.5 Å². The summed E-state index contributed by atoms with van der Waals surface area (Å²) in [6.07, 6.45) is 0.903. The Morgan fingerprint density at radius 1 is 0.920 bits per heavy atom. The van der Waals surface area contributed by atoms with E-state index in [-0.39, 0.29) is 5.91 Å². The Balaban J connectivity index is 1.57. The Morgan fingerprint density at radius 3 is 2.24 bits per heavy atom. The second-order valence-corrected chi connectivity index (χ2v) is 5.67. The number of nitrogens with zero attached hydrogens (tertiary/aromatic N) is 3. The normalized spacial score (nSPS) is 10.3. The molecule has 0 bridgehead atoms. The Labute approximate surface area is 147 Å². The number of rotatable bonds is 6. The lowest BCUT2D eigenvalue weighted by atomic mass is 10.1. The van der Waals surface area contributed by atoms with Gasteiger partial charge in [-0.05, 0) is 36.2 Å². The second kappa shape index (κ2) is 8.06. The minimum atomic E-state index is -0.186. The van der Waals surface area contributed by atoms with Crippen LogP contribution in [0.2, 0.25) is 0 Å². The largest absolute Gasteiger partial charge is 0.368 e. The molecule has 0 unspecified atom stereocenters. The molecule has 0 aliphatic heterocycles. The van der Waals surface area contributed by atoms with Gasteiger partial charge in [0.05, 0.1) is 0 Å². The summed E-state index contributed by atoms with van der Waals surface area (Å²) < 4.78 is 0. The number of para-hydroxylation sites is 1. The van der Waals surface area contributed by atoms with Crippen molar-refractivity contribution in [1.82, 2.24) is 10.2 Å². The van der Waals surface area contributed by atoms with Crippen molar-refractivity contribution in [2.24, 2.45) is 0 Å². The Morgan fingerprint density at radius 2 is 1.60 bits per heavy atom. The van der Waals surface area contributed by atoms with Crippen molar-refractivity contribution in [3.63, 3.8) is 0 Å². The average Bonchev–Trinajstić information content (AvgIpc) is 2.69. The van der Waals surface area contributed by atoms with E-state index in [1.54, 1.807) is 24.1 Å². The summed E-state index contributed by atoms with van der Waals surface area (Å²) in [5.74, 6) is 0.476. The SMILES string of the molecule is CN(C(=O)c1ccc(NCCc2ccccc2)nn1)c1ccccc1. The van der Waals surface area contributed by atoms with Crippen LogP contribution in [0.25, 0.3) is 0 Å². The Kier molecular flexibility index (Phi) is 5.36. The number of carbonyl (C=O) groups is 1. The minimum absolute atomic E-state index is 0.186. The fourth-order valence-electron chi connectivity index (χ4n) is 2.46. The van der Waals surface area contributed by atoms with E-state index in [2.05, 4.69) is 27.6 Å². The summed E-state index contributed by atoms with van der Waals surface area (Å²) in [5.41, 5.74) is 2.40. The molecular weight excluding hydrogens is 312 g/mol.